The Balaban J connectivity index is 1.58. The van der Waals surface area contributed by atoms with Crippen molar-refractivity contribution in [1.82, 2.24) is 10.3 Å². The van der Waals surface area contributed by atoms with Crippen molar-refractivity contribution in [3.05, 3.63) is 81.1 Å². The molecule has 0 bridgehead atoms. The third-order valence-electron chi connectivity index (χ3n) is 5.01. The van der Waals surface area contributed by atoms with Gasteiger partial charge in [0.2, 0.25) is 10.7 Å². The Morgan fingerprint density at radius 1 is 1.12 bits per heavy atom. The van der Waals surface area contributed by atoms with Crippen molar-refractivity contribution in [2.75, 3.05) is 19.0 Å². The summed E-state index contributed by atoms with van der Waals surface area (Å²) < 4.78 is 10.8. The number of benzene rings is 2. The molecule has 1 aliphatic rings. The highest BCUT2D eigenvalue weighted by Crippen LogP contribution is 2.20. The van der Waals surface area contributed by atoms with E-state index in [-0.39, 0.29) is 17.1 Å². The van der Waals surface area contributed by atoms with Crippen molar-refractivity contribution in [3.8, 4) is 0 Å². The molecular formula is C23H21ClN2O5S. The van der Waals surface area contributed by atoms with E-state index < -0.39 is 18.2 Å². The van der Waals surface area contributed by atoms with Gasteiger partial charge in [-0.05, 0) is 35.9 Å². The SMILES string of the molecule is O=C(NC(Cc1cc(=O)[nH]c2ccccc12)C(=O)SCC1OCCO1)c1ccc(Cl)cc1. The molecule has 1 amide bonds. The zero-order valence-corrected chi connectivity index (χ0v) is 18.6. The van der Waals surface area contributed by atoms with Crippen LogP contribution in [0.3, 0.4) is 0 Å². The molecule has 0 aliphatic carbocycles. The maximum Gasteiger partial charge on any atom is 0.251 e. The van der Waals surface area contributed by atoms with Gasteiger partial charge in [0.25, 0.3) is 5.91 Å². The first-order valence-corrected chi connectivity index (χ1v) is 11.4. The van der Waals surface area contributed by atoms with E-state index >= 15 is 0 Å². The van der Waals surface area contributed by atoms with Gasteiger partial charge in [-0.2, -0.15) is 0 Å². The van der Waals surface area contributed by atoms with Crippen LogP contribution in [0.1, 0.15) is 15.9 Å². The number of ether oxygens (including phenoxy) is 2. The van der Waals surface area contributed by atoms with Crippen LogP contribution in [0.25, 0.3) is 10.9 Å². The second-order valence-electron chi connectivity index (χ2n) is 7.24. The second kappa shape index (κ2) is 10.3. The normalized spacial score (nSPS) is 15.0. The summed E-state index contributed by atoms with van der Waals surface area (Å²) in [6.07, 6.45) is -0.279. The van der Waals surface area contributed by atoms with Gasteiger partial charge >= 0.3 is 0 Å². The van der Waals surface area contributed by atoms with E-state index in [0.29, 0.717) is 40.6 Å². The Kier molecular flexibility index (Phi) is 7.26. The molecule has 0 radical (unpaired) electrons. The maximum absolute atomic E-state index is 13.1. The number of para-hydroxylation sites is 1. The summed E-state index contributed by atoms with van der Waals surface area (Å²) in [5.74, 6) is -0.0782. The van der Waals surface area contributed by atoms with Crippen molar-refractivity contribution in [1.29, 1.82) is 0 Å². The van der Waals surface area contributed by atoms with E-state index in [1.54, 1.807) is 30.3 Å². The second-order valence-corrected chi connectivity index (χ2v) is 8.70. The van der Waals surface area contributed by atoms with E-state index in [2.05, 4.69) is 10.3 Å². The summed E-state index contributed by atoms with van der Waals surface area (Å²) in [5.41, 5.74) is 1.46. The van der Waals surface area contributed by atoms with Crippen LogP contribution < -0.4 is 10.9 Å². The minimum Gasteiger partial charge on any atom is -0.349 e. The van der Waals surface area contributed by atoms with Gasteiger partial charge in [-0.1, -0.05) is 41.6 Å². The largest absolute Gasteiger partial charge is 0.349 e. The Morgan fingerprint density at radius 3 is 2.59 bits per heavy atom. The average Bonchev–Trinajstić information content (AvgIpc) is 3.31. The first-order valence-electron chi connectivity index (χ1n) is 10.1. The van der Waals surface area contributed by atoms with Crippen LogP contribution in [-0.2, 0) is 20.7 Å². The predicted octanol–water partition coefficient (Wildman–Crippen LogP) is 3.16. The van der Waals surface area contributed by atoms with Crippen LogP contribution in [-0.4, -0.2) is 47.3 Å². The molecular weight excluding hydrogens is 452 g/mol. The number of hydrogen-bond donors (Lipinski definition) is 2. The van der Waals surface area contributed by atoms with Gasteiger partial charge in [-0.3, -0.25) is 14.4 Å². The topological polar surface area (TPSA) is 97.5 Å². The number of nitrogens with one attached hydrogen (secondary N) is 2. The number of hydrogen-bond acceptors (Lipinski definition) is 6. The Labute approximate surface area is 193 Å². The standard InChI is InChI=1S/C23H21ClN2O5S/c24-16-7-5-14(6-8-16)22(28)26-19(23(29)32-13-21-30-9-10-31-21)11-15-12-20(27)25-18-4-2-1-3-17(15)18/h1-8,12,19,21H,9-11,13H2,(H,25,27)(H,26,28). The lowest BCUT2D eigenvalue weighted by Crippen LogP contribution is -2.42. The van der Waals surface area contributed by atoms with Gasteiger partial charge in [-0.25, -0.2) is 0 Å². The number of fused-ring (bicyclic) bond motifs is 1. The lowest BCUT2D eigenvalue weighted by atomic mass is 10.0. The van der Waals surface area contributed by atoms with Crippen LogP contribution in [0.15, 0.2) is 59.4 Å². The highest BCUT2D eigenvalue weighted by atomic mass is 35.5. The molecule has 9 heteroatoms. The molecule has 1 fully saturated rings. The van der Waals surface area contributed by atoms with E-state index in [4.69, 9.17) is 21.1 Å². The number of halogens is 1. The first-order chi connectivity index (χ1) is 15.5. The predicted molar refractivity (Wildman–Crippen MR) is 124 cm³/mol. The number of H-pyrrole nitrogens is 1. The fourth-order valence-electron chi connectivity index (χ4n) is 3.46. The summed E-state index contributed by atoms with van der Waals surface area (Å²) in [5, 5.41) is 3.90. The molecule has 2 N–H and O–H groups in total. The van der Waals surface area contributed by atoms with Crippen LogP contribution in [0, 0.1) is 0 Å². The molecule has 2 heterocycles. The number of pyridine rings is 1. The van der Waals surface area contributed by atoms with Crippen LogP contribution in [0.4, 0.5) is 0 Å². The molecule has 2 aromatic carbocycles. The lowest BCUT2D eigenvalue weighted by Gasteiger charge is -2.19. The minimum atomic E-state index is -0.852. The molecule has 166 valence electrons. The Hall–Kier alpha value is -2.65. The highest BCUT2D eigenvalue weighted by molar-refractivity contribution is 8.13. The van der Waals surface area contributed by atoms with Gasteiger partial charge in [-0.15, -0.1) is 0 Å². The summed E-state index contributed by atoms with van der Waals surface area (Å²) in [6.45, 7) is 0.990. The third-order valence-corrected chi connectivity index (χ3v) is 6.27. The highest BCUT2D eigenvalue weighted by Gasteiger charge is 2.26. The molecule has 32 heavy (non-hydrogen) atoms. The summed E-state index contributed by atoms with van der Waals surface area (Å²) in [6, 6.07) is 14.4. The molecule has 0 spiro atoms. The van der Waals surface area contributed by atoms with Crippen LogP contribution >= 0.6 is 23.4 Å². The monoisotopic (exact) mass is 472 g/mol. The molecule has 0 saturated carbocycles. The van der Waals surface area contributed by atoms with Gasteiger partial charge in [0.15, 0.2) is 6.29 Å². The van der Waals surface area contributed by atoms with Crippen molar-refractivity contribution in [2.24, 2.45) is 0 Å². The number of amides is 1. The average molecular weight is 473 g/mol. The quantitative estimate of drug-likeness (QED) is 0.548. The Bertz CT molecular complexity index is 1170. The summed E-state index contributed by atoms with van der Waals surface area (Å²) in [7, 11) is 0. The zero-order chi connectivity index (χ0) is 22.5. The molecule has 1 saturated heterocycles. The molecule has 1 aromatic heterocycles. The van der Waals surface area contributed by atoms with Crippen LogP contribution in [0.5, 0.6) is 0 Å². The smallest absolute Gasteiger partial charge is 0.251 e. The molecule has 1 unspecified atom stereocenters. The zero-order valence-electron chi connectivity index (χ0n) is 17.0. The lowest BCUT2D eigenvalue weighted by molar-refractivity contribution is -0.112. The van der Waals surface area contributed by atoms with Gasteiger partial charge in [0.1, 0.15) is 6.04 Å². The number of carbonyl (C=O) groups excluding carboxylic acids is 2. The number of thioether (sulfide) groups is 1. The van der Waals surface area contributed by atoms with Crippen molar-refractivity contribution in [2.45, 2.75) is 18.8 Å². The fourth-order valence-corrected chi connectivity index (χ4v) is 4.42. The first kappa shape index (κ1) is 22.5. The van der Waals surface area contributed by atoms with Crippen molar-refractivity contribution in [3.63, 3.8) is 0 Å². The van der Waals surface area contributed by atoms with Gasteiger partial charge in [0.05, 0.1) is 19.0 Å². The van der Waals surface area contributed by atoms with E-state index in [9.17, 15) is 14.4 Å². The molecule has 3 aromatic rings. The number of rotatable bonds is 7. The van der Waals surface area contributed by atoms with Gasteiger partial charge < -0.3 is 19.8 Å². The summed E-state index contributed by atoms with van der Waals surface area (Å²) in [4.78, 5) is 40.8. The van der Waals surface area contributed by atoms with Crippen molar-refractivity contribution >= 4 is 45.3 Å². The van der Waals surface area contributed by atoms with E-state index in [1.807, 2.05) is 18.2 Å². The number of aromatic amines is 1. The molecule has 7 nitrogen and oxygen atoms in total. The minimum absolute atomic E-state index is 0.169. The number of aromatic nitrogens is 1. The van der Waals surface area contributed by atoms with E-state index in [0.717, 1.165) is 17.1 Å². The molecule has 1 atom stereocenters. The molecule has 1 aliphatic heterocycles. The summed E-state index contributed by atoms with van der Waals surface area (Å²) >= 11 is 6.95. The fraction of sp³-hybridized carbons (Fsp3) is 0.261. The van der Waals surface area contributed by atoms with E-state index in [1.165, 1.54) is 6.07 Å². The third kappa shape index (κ3) is 5.58. The van der Waals surface area contributed by atoms with Crippen LogP contribution in [0.2, 0.25) is 5.02 Å². The maximum atomic E-state index is 13.1. The van der Waals surface area contributed by atoms with Crippen molar-refractivity contribution < 1.29 is 19.1 Å². The Morgan fingerprint density at radius 2 is 1.84 bits per heavy atom. The number of carbonyl (C=O) groups is 2. The molecule has 4 rings (SSSR count). The van der Waals surface area contributed by atoms with Gasteiger partial charge in [0, 0.05) is 34.0 Å².